The van der Waals surface area contributed by atoms with E-state index in [1.807, 2.05) is 31.1 Å². The number of nitrogens with zero attached hydrogens (tertiary/aromatic N) is 2. The van der Waals surface area contributed by atoms with E-state index in [1.54, 1.807) is 7.05 Å². The maximum Gasteiger partial charge on any atom is 0.224 e. The van der Waals surface area contributed by atoms with Crippen molar-refractivity contribution in [3.05, 3.63) is 23.9 Å². The van der Waals surface area contributed by atoms with Gasteiger partial charge in [0.1, 0.15) is 5.82 Å². The van der Waals surface area contributed by atoms with Crippen molar-refractivity contribution in [2.75, 3.05) is 32.1 Å². The highest BCUT2D eigenvalue weighted by Gasteiger charge is 2.14. The van der Waals surface area contributed by atoms with E-state index in [0.717, 1.165) is 18.9 Å². The van der Waals surface area contributed by atoms with Crippen molar-refractivity contribution in [3.63, 3.8) is 0 Å². The molecule has 1 rings (SSSR count). The Bertz CT molecular complexity index is 430. The highest BCUT2D eigenvalue weighted by molar-refractivity contribution is 5.78. The molecule has 21 heavy (non-hydrogen) atoms. The summed E-state index contributed by atoms with van der Waals surface area (Å²) >= 11 is 0. The Labute approximate surface area is 128 Å². The molecule has 0 spiro atoms. The molecule has 0 aliphatic rings. The highest BCUT2D eigenvalue weighted by Crippen LogP contribution is 2.11. The fourth-order valence-corrected chi connectivity index (χ4v) is 2.09. The molecule has 5 nitrogen and oxygen atoms in total. The van der Waals surface area contributed by atoms with Gasteiger partial charge in [-0.05, 0) is 24.1 Å². The van der Waals surface area contributed by atoms with Crippen LogP contribution in [0.4, 0.5) is 5.82 Å². The molecule has 0 aliphatic carbocycles. The zero-order valence-corrected chi connectivity index (χ0v) is 13.8. The molecule has 0 aliphatic heterocycles. The Kier molecular flexibility index (Phi) is 7.15. The topological polar surface area (TPSA) is 57.3 Å². The third-order valence-electron chi connectivity index (χ3n) is 3.32. The third kappa shape index (κ3) is 6.12. The fraction of sp³-hybridized carbons (Fsp3) is 0.625. The minimum absolute atomic E-state index is 0.0522. The molecule has 0 saturated carbocycles. The van der Waals surface area contributed by atoms with Gasteiger partial charge in [-0.2, -0.15) is 0 Å². The molecule has 0 fully saturated rings. The van der Waals surface area contributed by atoms with E-state index in [2.05, 4.69) is 35.5 Å². The average Bonchev–Trinajstić information content (AvgIpc) is 2.46. The number of nitrogens with one attached hydrogen (secondary N) is 2. The lowest BCUT2D eigenvalue weighted by atomic mass is 10.1. The van der Waals surface area contributed by atoms with Crippen molar-refractivity contribution in [2.24, 2.45) is 11.8 Å². The number of hydrogen-bond acceptors (Lipinski definition) is 4. The summed E-state index contributed by atoms with van der Waals surface area (Å²) in [6, 6.07) is 4.08. The van der Waals surface area contributed by atoms with Crippen LogP contribution >= 0.6 is 0 Å². The van der Waals surface area contributed by atoms with E-state index in [0.29, 0.717) is 12.5 Å². The lowest BCUT2D eigenvalue weighted by Crippen LogP contribution is -2.34. The van der Waals surface area contributed by atoms with E-state index >= 15 is 0 Å². The number of carbonyl (C=O) groups excluding carboxylic acids is 1. The van der Waals surface area contributed by atoms with Crippen LogP contribution in [0.1, 0.15) is 26.3 Å². The number of pyridine rings is 1. The molecular weight excluding hydrogens is 264 g/mol. The molecule has 0 radical (unpaired) electrons. The Balaban J connectivity index is 2.51. The lowest BCUT2D eigenvalue weighted by Gasteiger charge is -2.21. The van der Waals surface area contributed by atoms with Crippen LogP contribution in [0.15, 0.2) is 18.3 Å². The summed E-state index contributed by atoms with van der Waals surface area (Å²) in [5, 5.41) is 6.07. The minimum Gasteiger partial charge on any atom is -0.359 e. The summed E-state index contributed by atoms with van der Waals surface area (Å²) in [5.74, 6) is 1.53. The molecule has 1 amide bonds. The standard InChI is InChI=1S/C16H28N4O/c1-12(2)8-18-9-14-6-7-15(19-10-14)20(5)11-13(3)16(21)17-4/h6-7,10,12-13,18H,8-9,11H2,1-5H3,(H,17,21). The maximum atomic E-state index is 11.5. The first-order valence-electron chi connectivity index (χ1n) is 7.52. The number of carbonyl (C=O) groups is 1. The van der Waals surface area contributed by atoms with Gasteiger partial charge in [0.2, 0.25) is 5.91 Å². The molecule has 1 heterocycles. The van der Waals surface area contributed by atoms with Crippen molar-refractivity contribution in [2.45, 2.75) is 27.3 Å². The zero-order valence-electron chi connectivity index (χ0n) is 13.8. The van der Waals surface area contributed by atoms with Crippen molar-refractivity contribution >= 4 is 11.7 Å². The summed E-state index contributed by atoms with van der Waals surface area (Å²) in [5.41, 5.74) is 1.17. The van der Waals surface area contributed by atoms with Crippen molar-refractivity contribution in [1.82, 2.24) is 15.6 Å². The Morgan fingerprint density at radius 1 is 1.33 bits per heavy atom. The van der Waals surface area contributed by atoms with E-state index in [1.165, 1.54) is 5.56 Å². The van der Waals surface area contributed by atoms with Gasteiger partial charge >= 0.3 is 0 Å². The average molecular weight is 292 g/mol. The zero-order chi connectivity index (χ0) is 15.8. The summed E-state index contributed by atoms with van der Waals surface area (Å²) in [7, 11) is 3.62. The van der Waals surface area contributed by atoms with Crippen LogP contribution in [0, 0.1) is 11.8 Å². The normalized spacial score (nSPS) is 12.3. The summed E-state index contributed by atoms with van der Waals surface area (Å²) in [6.45, 7) is 8.79. The van der Waals surface area contributed by atoms with Crippen molar-refractivity contribution < 1.29 is 4.79 Å². The van der Waals surface area contributed by atoms with Crippen molar-refractivity contribution in [1.29, 1.82) is 0 Å². The molecular formula is C16H28N4O. The summed E-state index contributed by atoms with van der Waals surface area (Å²) in [6.07, 6.45) is 1.89. The number of aromatic nitrogens is 1. The first-order chi connectivity index (χ1) is 9.93. The molecule has 0 bridgehead atoms. The fourth-order valence-electron chi connectivity index (χ4n) is 2.09. The molecule has 1 aromatic heterocycles. The Morgan fingerprint density at radius 3 is 2.57 bits per heavy atom. The van der Waals surface area contributed by atoms with Gasteiger partial charge in [0, 0.05) is 33.4 Å². The molecule has 1 aromatic rings. The number of anilines is 1. The number of rotatable bonds is 8. The smallest absolute Gasteiger partial charge is 0.224 e. The van der Waals surface area contributed by atoms with Crippen LogP contribution in [-0.4, -0.2) is 38.1 Å². The molecule has 1 atom stereocenters. The SMILES string of the molecule is CNC(=O)C(C)CN(C)c1ccc(CNCC(C)C)cn1. The van der Waals surface area contributed by atoms with Crippen LogP contribution in [0.3, 0.4) is 0 Å². The van der Waals surface area contributed by atoms with Gasteiger partial charge in [-0.1, -0.05) is 26.8 Å². The van der Waals surface area contributed by atoms with Crippen LogP contribution in [-0.2, 0) is 11.3 Å². The first-order valence-corrected chi connectivity index (χ1v) is 7.52. The van der Waals surface area contributed by atoms with Crippen LogP contribution in [0.25, 0.3) is 0 Å². The van der Waals surface area contributed by atoms with E-state index in [-0.39, 0.29) is 11.8 Å². The first kappa shape index (κ1) is 17.4. The maximum absolute atomic E-state index is 11.5. The molecule has 1 unspecified atom stereocenters. The van der Waals surface area contributed by atoms with E-state index < -0.39 is 0 Å². The van der Waals surface area contributed by atoms with Crippen LogP contribution in [0.5, 0.6) is 0 Å². The second-order valence-corrected chi connectivity index (χ2v) is 5.95. The van der Waals surface area contributed by atoms with Crippen molar-refractivity contribution in [3.8, 4) is 0 Å². The third-order valence-corrected chi connectivity index (χ3v) is 3.32. The van der Waals surface area contributed by atoms with Crippen LogP contribution in [0.2, 0.25) is 0 Å². The second-order valence-electron chi connectivity index (χ2n) is 5.95. The minimum atomic E-state index is -0.0609. The molecule has 118 valence electrons. The number of amides is 1. The quantitative estimate of drug-likeness (QED) is 0.765. The monoisotopic (exact) mass is 292 g/mol. The molecule has 0 saturated heterocycles. The van der Waals surface area contributed by atoms with Gasteiger partial charge in [0.25, 0.3) is 0 Å². The van der Waals surface area contributed by atoms with Gasteiger partial charge in [-0.15, -0.1) is 0 Å². The summed E-state index contributed by atoms with van der Waals surface area (Å²) < 4.78 is 0. The highest BCUT2D eigenvalue weighted by atomic mass is 16.1. The Morgan fingerprint density at radius 2 is 2.05 bits per heavy atom. The lowest BCUT2D eigenvalue weighted by molar-refractivity contribution is -0.123. The van der Waals surface area contributed by atoms with E-state index in [4.69, 9.17) is 0 Å². The van der Waals surface area contributed by atoms with E-state index in [9.17, 15) is 4.79 Å². The van der Waals surface area contributed by atoms with Gasteiger partial charge < -0.3 is 15.5 Å². The van der Waals surface area contributed by atoms with Gasteiger partial charge in [0.15, 0.2) is 0 Å². The predicted molar refractivity (Wildman–Crippen MR) is 87.3 cm³/mol. The Hall–Kier alpha value is -1.62. The summed E-state index contributed by atoms with van der Waals surface area (Å²) in [4.78, 5) is 18.0. The predicted octanol–water partition coefficient (Wildman–Crippen LogP) is 1.65. The number of hydrogen-bond donors (Lipinski definition) is 2. The van der Waals surface area contributed by atoms with Gasteiger partial charge in [-0.3, -0.25) is 4.79 Å². The second kappa shape index (κ2) is 8.62. The van der Waals surface area contributed by atoms with Crippen LogP contribution < -0.4 is 15.5 Å². The largest absolute Gasteiger partial charge is 0.359 e. The van der Waals surface area contributed by atoms with Gasteiger partial charge in [0.05, 0.1) is 5.92 Å². The molecule has 5 heteroatoms. The molecule has 0 aromatic carbocycles. The molecule has 2 N–H and O–H groups in total. The van der Waals surface area contributed by atoms with Gasteiger partial charge in [-0.25, -0.2) is 4.98 Å².